The molecule has 0 spiro atoms. The van der Waals surface area contributed by atoms with Gasteiger partial charge in [-0.2, -0.15) is 0 Å². The second-order valence-electron chi connectivity index (χ2n) is 4.56. The largest absolute Gasteiger partial charge is 0.375 e. The van der Waals surface area contributed by atoms with E-state index in [0.717, 1.165) is 31.3 Å². The van der Waals surface area contributed by atoms with Crippen LogP contribution in [0, 0.1) is 0 Å². The summed E-state index contributed by atoms with van der Waals surface area (Å²) in [5.74, 6) is 1.28. The van der Waals surface area contributed by atoms with Gasteiger partial charge < -0.3 is 9.64 Å². The summed E-state index contributed by atoms with van der Waals surface area (Å²) >= 11 is 0. The number of ether oxygens (including phenoxy) is 1. The van der Waals surface area contributed by atoms with Crippen molar-refractivity contribution in [3.63, 3.8) is 0 Å². The molecule has 2 rings (SSSR count). The van der Waals surface area contributed by atoms with E-state index in [0.29, 0.717) is 5.92 Å². The van der Waals surface area contributed by atoms with Gasteiger partial charge in [-0.15, -0.1) is 0 Å². The standard InChI is InChI=1S/C12H19N3O/c1-9(2)11-4-5-13-12(14-11)15-6-7-16-10(3)8-15/h4-5,9-10H,6-8H2,1-3H3/t10-/m1/s1. The Morgan fingerprint density at radius 3 is 3.00 bits per heavy atom. The van der Waals surface area contributed by atoms with Gasteiger partial charge in [0.25, 0.3) is 0 Å². The molecule has 1 aromatic rings. The van der Waals surface area contributed by atoms with Crippen LogP contribution in [0.25, 0.3) is 0 Å². The molecule has 1 fully saturated rings. The molecule has 1 aromatic heterocycles. The lowest BCUT2D eigenvalue weighted by atomic mass is 10.1. The molecule has 0 radical (unpaired) electrons. The Hall–Kier alpha value is -1.16. The third-order valence-corrected chi connectivity index (χ3v) is 2.78. The summed E-state index contributed by atoms with van der Waals surface area (Å²) in [6, 6.07) is 1.98. The fourth-order valence-electron chi connectivity index (χ4n) is 1.84. The molecular formula is C12H19N3O. The first-order valence-electron chi connectivity index (χ1n) is 5.86. The van der Waals surface area contributed by atoms with Crippen molar-refractivity contribution in [2.24, 2.45) is 0 Å². The van der Waals surface area contributed by atoms with Crippen LogP contribution in [-0.2, 0) is 4.74 Å². The van der Waals surface area contributed by atoms with E-state index < -0.39 is 0 Å². The first-order chi connectivity index (χ1) is 7.66. The average molecular weight is 221 g/mol. The predicted octanol–water partition coefficient (Wildman–Crippen LogP) is 1.83. The monoisotopic (exact) mass is 221 g/mol. The Morgan fingerprint density at radius 1 is 1.50 bits per heavy atom. The minimum absolute atomic E-state index is 0.264. The highest BCUT2D eigenvalue weighted by Crippen LogP contribution is 2.16. The molecule has 1 saturated heterocycles. The first-order valence-corrected chi connectivity index (χ1v) is 5.86. The maximum absolute atomic E-state index is 5.51. The van der Waals surface area contributed by atoms with E-state index in [4.69, 9.17) is 4.74 Å². The molecule has 0 aliphatic carbocycles. The van der Waals surface area contributed by atoms with Gasteiger partial charge in [-0.3, -0.25) is 0 Å². The van der Waals surface area contributed by atoms with Crippen LogP contribution in [0.4, 0.5) is 5.95 Å². The van der Waals surface area contributed by atoms with E-state index in [2.05, 4.69) is 35.6 Å². The van der Waals surface area contributed by atoms with Crippen molar-refractivity contribution in [3.05, 3.63) is 18.0 Å². The lowest BCUT2D eigenvalue weighted by Crippen LogP contribution is -2.42. The van der Waals surface area contributed by atoms with Crippen molar-refractivity contribution in [1.82, 2.24) is 9.97 Å². The lowest BCUT2D eigenvalue weighted by molar-refractivity contribution is 0.0526. The van der Waals surface area contributed by atoms with Crippen molar-refractivity contribution in [2.75, 3.05) is 24.6 Å². The van der Waals surface area contributed by atoms with Crippen LogP contribution < -0.4 is 4.90 Å². The smallest absolute Gasteiger partial charge is 0.225 e. The van der Waals surface area contributed by atoms with Gasteiger partial charge in [0.1, 0.15) is 0 Å². The number of anilines is 1. The van der Waals surface area contributed by atoms with E-state index >= 15 is 0 Å². The maximum atomic E-state index is 5.51. The van der Waals surface area contributed by atoms with Crippen LogP contribution in [-0.4, -0.2) is 35.8 Å². The van der Waals surface area contributed by atoms with Gasteiger partial charge >= 0.3 is 0 Å². The van der Waals surface area contributed by atoms with E-state index in [1.165, 1.54) is 0 Å². The van der Waals surface area contributed by atoms with Gasteiger partial charge in [0.05, 0.1) is 12.7 Å². The zero-order valence-corrected chi connectivity index (χ0v) is 10.2. The number of aromatic nitrogens is 2. The van der Waals surface area contributed by atoms with Crippen molar-refractivity contribution >= 4 is 5.95 Å². The molecule has 0 amide bonds. The van der Waals surface area contributed by atoms with Crippen LogP contribution in [0.15, 0.2) is 12.3 Å². The van der Waals surface area contributed by atoms with Crippen molar-refractivity contribution in [3.8, 4) is 0 Å². The van der Waals surface area contributed by atoms with Crippen LogP contribution in [0.2, 0.25) is 0 Å². The summed E-state index contributed by atoms with van der Waals surface area (Å²) in [7, 11) is 0. The second-order valence-corrected chi connectivity index (χ2v) is 4.56. The molecule has 0 bridgehead atoms. The van der Waals surface area contributed by atoms with Crippen LogP contribution >= 0.6 is 0 Å². The highest BCUT2D eigenvalue weighted by molar-refractivity contribution is 5.31. The number of hydrogen-bond donors (Lipinski definition) is 0. The molecule has 16 heavy (non-hydrogen) atoms. The highest BCUT2D eigenvalue weighted by Gasteiger charge is 2.19. The Bertz CT molecular complexity index is 354. The molecule has 4 heteroatoms. The normalized spacial score (nSPS) is 21.5. The zero-order chi connectivity index (χ0) is 11.5. The first kappa shape index (κ1) is 11.3. The third kappa shape index (κ3) is 2.50. The second kappa shape index (κ2) is 4.78. The quantitative estimate of drug-likeness (QED) is 0.763. The minimum atomic E-state index is 0.264. The zero-order valence-electron chi connectivity index (χ0n) is 10.2. The summed E-state index contributed by atoms with van der Waals surface area (Å²) in [5, 5.41) is 0. The molecule has 1 atom stereocenters. The predicted molar refractivity (Wildman–Crippen MR) is 63.7 cm³/mol. The SMILES string of the molecule is CC(C)c1ccnc(N2CCO[C@H](C)C2)n1. The topological polar surface area (TPSA) is 38.2 Å². The molecule has 0 aromatic carbocycles. The van der Waals surface area contributed by atoms with Crippen LogP contribution in [0.1, 0.15) is 32.4 Å². The summed E-state index contributed by atoms with van der Waals surface area (Å²) in [6.45, 7) is 8.89. The van der Waals surface area contributed by atoms with Gasteiger partial charge in [-0.1, -0.05) is 13.8 Å². The Balaban J connectivity index is 2.16. The Kier molecular flexibility index (Phi) is 3.39. The molecular weight excluding hydrogens is 202 g/mol. The summed E-state index contributed by atoms with van der Waals surface area (Å²) < 4.78 is 5.51. The Labute approximate surface area is 96.7 Å². The lowest BCUT2D eigenvalue weighted by Gasteiger charge is -2.31. The summed E-state index contributed by atoms with van der Waals surface area (Å²) in [4.78, 5) is 11.1. The summed E-state index contributed by atoms with van der Waals surface area (Å²) in [5.41, 5.74) is 1.10. The van der Waals surface area contributed by atoms with E-state index in [-0.39, 0.29) is 6.10 Å². The molecule has 0 unspecified atom stereocenters. The molecule has 88 valence electrons. The Morgan fingerprint density at radius 2 is 2.31 bits per heavy atom. The van der Waals surface area contributed by atoms with E-state index in [1.807, 2.05) is 12.3 Å². The average Bonchev–Trinajstić information content (AvgIpc) is 2.29. The molecule has 0 N–H and O–H groups in total. The van der Waals surface area contributed by atoms with Gasteiger partial charge in [0.15, 0.2) is 0 Å². The maximum Gasteiger partial charge on any atom is 0.225 e. The molecule has 4 nitrogen and oxygen atoms in total. The minimum Gasteiger partial charge on any atom is -0.375 e. The van der Waals surface area contributed by atoms with E-state index in [1.54, 1.807) is 0 Å². The van der Waals surface area contributed by atoms with E-state index in [9.17, 15) is 0 Å². The van der Waals surface area contributed by atoms with Gasteiger partial charge in [0, 0.05) is 25.0 Å². The number of hydrogen-bond acceptors (Lipinski definition) is 4. The van der Waals surface area contributed by atoms with Gasteiger partial charge in [-0.05, 0) is 18.9 Å². The molecule has 1 aliphatic rings. The fourth-order valence-corrected chi connectivity index (χ4v) is 1.84. The van der Waals surface area contributed by atoms with Crippen LogP contribution in [0.5, 0.6) is 0 Å². The fraction of sp³-hybridized carbons (Fsp3) is 0.667. The van der Waals surface area contributed by atoms with Crippen molar-refractivity contribution in [1.29, 1.82) is 0 Å². The third-order valence-electron chi connectivity index (χ3n) is 2.78. The van der Waals surface area contributed by atoms with Gasteiger partial charge in [0.2, 0.25) is 5.95 Å². The number of rotatable bonds is 2. The number of morpholine rings is 1. The molecule has 2 heterocycles. The van der Waals surface area contributed by atoms with Gasteiger partial charge in [-0.25, -0.2) is 9.97 Å². The highest BCUT2D eigenvalue weighted by atomic mass is 16.5. The number of nitrogens with zero attached hydrogens (tertiary/aromatic N) is 3. The van der Waals surface area contributed by atoms with Crippen molar-refractivity contribution in [2.45, 2.75) is 32.8 Å². The van der Waals surface area contributed by atoms with Crippen LogP contribution in [0.3, 0.4) is 0 Å². The molecule has 0 saturated carbocycles. The summed E-state index contributed by atoms with van der Waals surface area (Å²) in [6.07, 6.45) is 2.11. The van der Waals surface area contributed by atoms with Crippen molar-refractivity contribution < 1.29 is 4.74 Å². The molecule has 1 aliphatic heterocycles.